The molecule has 6 nitrogen and oxygen atoms in total. The number of carbonyl (C=O) groups excluding carboxylic acids is 1. The van der Waals surface area contributed by atoms with E-state index in [1.54, 1.807) is 12.1 Å². The summed E-state index contributed by atoms with van der Waals surface area (Å²) in [6.45, 7) is 7.38. The summed E-state index contributed by atoms with van der Waals surface area (Å²) in [6, 6.07) is 5.32. The second kappa shape index (κ2) is 10.9. The predicted molar refractivity (Wildman–Crippen MR) is 109 cm³/mol. The van der Waals surface area contributed by atoms with E-state index in [1.165, 1.54) is 6.08 Å². The first-order valence-corrected chi connectivity index (χ1v) is 10.0. The minimum Gasteiger partial charge on any atom is -0.490 e. The molecule has 1 aromatic carbocycles. The number of nitriles is 1. The Bertz CT molecular complexity index is 752. The van der Waals surface area contributed by atoms with Crippen LogP contribution in [0.2, 0.25) is 5.02 Å². The molecule has 1 N–H and O–H groups in total. The molecule has 0 aliphatic carbocycles. The highest BCUT2D eigenvalue weighted by atomic mass is 35.5. The van der Waals surface area contributed by atoms with Crippen LogP contribution in [0.5, 0.6) is 11.5 Å². The quantitative estimate of drug-likeness (QED) is 0.493. The number of amides is 1. The van der Waals surface area contributed by atoms with Gasteiger partial charge in [-0.15, -0.1) is 0 Å². The van der Waals surface area contributed by atoms with E-state index in [1.807, 2.05) is 26.8 Å². The van der Waals surface area contributed by atoms with Crippen molar-refractivity contribution in [2.45, 2.75) is 52.2 Å². The van der Waals surface area contributed by atoms with Crippen molar-refractivity contribution >= 4 is 23.6 Å². The minimum atomic E-state index is -0.438. The van der Waals surface area contributed by atoms with Crippen molar-refractivity contribution in [3.63, 3.8) is 0 Å². The van der Waals surface area contributed by atoms with Gasteiger partial charge in [-0.3, -0.25) is 4.79 Å². The molecule has 1 aliphatic rings. The fourth-order valence-corrected chi connectivity index (χ4v) is 3.02. The molecule has 0 spiro atoms. The molecule has 1 fully saturated rings. The van der Waals surface area contributed by atoms with Crippen molar-refractivity contribution in [1.29, 1.82) is 5.26 Å². The van der Waals surface area contributed by atoms with Crippen molar-refractivity contribution in [2.75, 3.05) is 19.8 Å². The topological polar surface area (TPSA) is 80.6 Å². The van der Waals surface area contributed by atoms with Crippen LogP contribution in [0, 0.1) is 11.3 Å². The predicted octanol–water partition coefficient (Wildman–Crippen LogP) is 4.12. The molecule has 2 rings (SSSR count). The van der Waals surface area contributed by atoms with Gasteiger partial charge in [0.25, 0.3) is 5.91 Å². The third-order valence-electron chi connectivity index (χ3n) is 4.42. The van der Waals surface area contributed by atoms with E-state index in [4.69, 9.17) is 25.8 Å². The maximum atomic E-state index is 12.3. The summed E-state index contributed by atoms with van der Waals surface area (Å²) in [6.07, 6.45) is 4.22. The van der Waals surface area contributed by atoms with Crippen molar-refractivity contribution < 1.29 is 19.0 Å². The molecule has 0 radical (unpaired) electrons. The largest absolute Gasteiger partial charge is 0.490 e. The van der Waals surface area contributed by atoms with E-state index < -0.39 is 5.91 Å². The molecule has 1 heterocycles. The Morgan fingerprint density at radius 2 is 2.29 bits per heavy atom. The highest BCUT2D eigenvalue weighted by Gasteiger charge is 2.19. The average Bonchev–Trinajstić information content (AvgIpc) is 3.20. The van der Waals surface area contributed by atoms with Gasteiger partial charge in [-0.2, -0.15) is 5.26 Å². The van der Waals surface area contributed by atoms with Crippen LogP contribution in [-0.2, 0) is 9.53 Å². The molecule has 28 heavy (non-hydrogen) atoms. The lowest BCUT2D eigenvalue weighted by atomic mass is 10.1. The van der Waals surface area contributed by atoms with E-state index in [0.717, 1.165) is 19.3 Å². The molecular formula is C21H27ClN2O4. The summed E-state index contributed by atoms with van der Waals surface area (Å²) >= 11 is 6.39. The van der Waals surface area contributed by atoms with Gasteiger partial charge in [0.1, 0.15) is 11.6 Å². The van der Waals surface area contributed by atoms with Crippen LogP contribution in [-0.4, -0.2) is 37.9 Å². The minimum absolute atomic E-state index is 0.00731. The number of nitrogens with one attached hydrogen (secondary N) is 1. The molecule has 7 heteroatoms. The Balaban J connectivity index is 2.21. The molecule has 1 aromatic rings. The number of benzene rings is 1. The van der Waals surface area contributed by atoms with E-state index in [9.17, 15) is 10.1 Å². The molecule has 0 aromatic heterocycles. The average molecular weight is 407 g/mol. The second-order valence-electron chi connectivity index (χ2n) is 6.61. The number of rotatable bonds is 9. The molecular weight excluding hydrogens is 380 g/mol. The number of ether oxygens (including phenoxy) is 3. The number of hydrogen-bond acceptors (Lipinski definition) is 5. The van der Waals surface area contributed by atoms with Crippen molar-refractivity contribution in [1.82, 2.24) is 5.32 Å². The van der Waals surface area contributed by atoms with Crippen molar-refractivity contribution in [3.05, 3.63) is 28.3 Å². The van der Waals surface area contributed by atoms with Crippen LogP contribution in [0.25, 0.3) is 6.08 Å². The van der Waals surface area contributed by atoms with Gasteiger partial charge >= 0.3 is 0 Å². The van der Waals surface area contributed by atoms with Crippen LogP contribution in [0.15, 0.2) is 17.7 Å². The third-order valence-corrected chi connectivity index (χ3v) is 4.70. The summed E-state index contributed by atoms with van der Waals surface area (Å²) in [4.78, 5) is 12.3. The maximum absolute atomic E-state index is 12.3. The molecule has 1 saturated heterocycles. The summed E-state index contributed by atoms with van der Waals surface area (Å²) < 4.78 is 17.0. The first-order chi connectivity index (χ1) is 13.5. The van der Waals surface area contributed by atoms with Crippen LogP contribution >= 0.6 is 11.6 Å². The zero-order valence-electron chi connectivity index (χ0n) is 16.6. The highest BCUT2D eigenvalue weighted by Crippen LogP contribution is 2.38. The van der Waals surface area contributed by atoms with Gasteiger partial charge < -0.3 is 19.5 Å². The fourth-order valence-electron chi connectivity index (χ4n) is 2.76. The van der Waals surface area contributed by atoms with Crippen LogP contribution in [0.3, 0.4) is 0 Å². The first-order valence-electron chi connectivity index (χ1n) is 9.63. The Morgan fingerprint density at radius 3 is 2.89 bits per heavy atom. The molecule has 1 aliphatic heterocycles. The van der Waals surface area contributed by atoms with Gasteiger partial charge in [-0.1, -0.05) is 18.5 Å². The second-order valence-corrected chi connectivity index (χ2v) is 7.02. The Hall–Kier alpha value is -2.23. The van der Waals surface area contributed by atoms with Gasteiger partial charge in [0.15, 0.2) is 11.5 Å². The lowest BCUT2D eigenvalue weighted by molar-refractivity contribution is -0.117. The molecule has 0 unspecified atom stereocenters. The van der Waals surface area contributed by atoms with Crippen LogP contribution in [0.4, 0.5) is 0 Å². The third kappa shape index (κ3) is 6.15. The summed E-state index contributed by atoms with van der Waals surface area (Å²) in [5.41, 5.74) is 0.584. The zero-order chi connectivity index (χ0) is 20.5. The van der Waals surface area contributed by atoms with Crippen LogP contribution < -0.4 is 14.8 Å². The van der Waals surface area contributed by atoms with E-state index in [-0.39, 0.29) is 17.8 Å². The number of hydrogen-bond donors (Lipinski definition) is 1. The molecule has 2 atom stereocenters. The summed E-state index contributed by atoms with van der Waals surface area (Å²) in [5.74, 6) is 0.516. The summed E-state index contributed by atoms with van der Waals surface area (Å²) in [7, 11) is 0. The molecule has 1 amide bonds. The standard InChI is InChI=1S/C21H27ClN2O4/c1-4-14(3)28-20-18(22)10-15(11-19(20)26-5-2)9-16(12-23)21(25)24-13-17-7-6-8-27-17/h9-11,14,17H,4-8,13H2,1-3H3,(H,24,25)/b16-9-/t14-,17+/m0/s1. The lowest BCUT2D eigenvalue weighted by Crippen LogP contribution is -2.32. The van der Waals surface area contributed by atoms with Gasteiger partial charge in [-0.05, 0) is 56.9 Å². The van der Waals surface area contributed by atoms with Gasteiger partial charge in [-0.25, -0.2) is 0 Å². The molecule has 0 bridgehead atoms. The summed E-state index contributed by atoms with van der Waals surface area (Å²) in [5, 5.41) is 12.5. The van der Waals surface area contributed by atoms with E-state index in [2.05, 4.69) is 5.32 Å². The fraction of sp³-hybridized carbons (Fsp3) is 0.524. The van der Waals surface area contributed by atoms with Gasteiger partial charge in [0, 0.05) is 13.2 Å². The monoisotopic (exact) mass is 406 g/mol. The van der Waals surface area contributed by atoms with E-state index in [0.29, 0.717) is 41.8 Å². The maximum Gasteiger partial charge on any atom is 0.262 e. The SMILES string of the molecule is CCOc1cc(/C=C(/C#N)C(=O)NC[C@H]2CCCO2)cc(Cl)c1O[C@@H](C)CC. The van der Waals surface area contributed by atoms with Crippen molar-refractivity contribution in [2.24, 2.45) is 0 Å². The smallest absolute Gasteiger partial charge is 0.262 e. The zero-order valence-corrected chi connectivity index (χ0v) is 17.3. The van der Waals surface area contributed by atoms with E-state index >= 15 is 0 Å². The Labute approximate surface area is 171 Å². The number of halogens is 1. The van der Waals surface area contributed by atoms with Gasteiger partial charge in [0.05, 0.1) is 23.8 Å². The Morgan fingerprint density at radius 1 is 1.50 bits per heavy atom. The molecule has 152 valence electrons. The first kappa shape index (κ1) is 22.1. The normalized spacial score (nSPS) is 17.7. The highest BCUT2D eigenvalue weighted by molar-refractivity contribution is 6.32. The Kier molecular flexibility index (Phi) is 8.62. The number of carbonyl (C=O) groups is 1. The van der Waals surface area contributed by atoms with Crippen LogP contribution in [0.1, 0.15) is 45.6 Å². The van der Waals surface area contributed by atoms with Crippen molar-refractivity contribution in [3.8, 4) is 17.6 Å². The lowest BCUT2D eigenvalue weighted by Gasteiger charge is -2.18. The molecule has 0 saturated carbocycles. The number of nitrogens with zero attached hydrogens (tertiary/aromatic N) is 1. The van der Waals surface area contributed by atoms with Gasteiger partial charge in [0.2, 0.25) is 0 Å².